The van der Waals surface area contributed by atoms with E-state index < -0.39 is 22.1 Å². The smallest absolute Gasteiger partial charge is 0.337 e. The maximum atomic E-state index is 13.0. The summed E-state index contributed by atoms with van der Waals surface area (Å²) in [5.41, 5.74) is 0.469. The number of nitrogens with zero attached hydrogens (tertiary/aromatic N) is 3. The standard InChI is InChI=1S/C22H32N4O7S/c1-32-21(28)17-13-18(22(29)33-2)15-19(14-17)23-20(27)16-24-9-11-26(12-10-24)34(30,31)25-7-5-3-4-6-8-25/h13-15H,3-12,16H2,1-2H3,(H,23,27). The van der Waals surface area contributed by atoms with Crippen molar-refractivity contribution in [3.05, 3.63) is 29.3 Å². The van der Waals surface area contributed by atoms with Gasteiger partial charge in [0, 0.05) is 45.0 Å². The van der Waals surface area contributed by atoms with Crippen LogP contribution in [0.5, 0.6) is 0 Å². The Morgan fingerprint density at radius 1 is 0.794 bits per heavy atom. The second-order valence-electron chi connectivity index (χ2n) is 8.33. The Bertz CT molecular complexity index is 964. The average Bonchev–Trinajstić information content (AvgIpc) is 3.13. The van der Waals surface area contributed by atoms with Crippen LogP contribution in [-0.2, 0) is 24.5 Å². The highest BCUT2D eigenvalue weighted by Crippen LogP contribution is 2.19. The van der Waals surface area contributed by atoms with Crippen molar-refractivity contribution in [1.82, 2.24) is 13.5 Å². The van der Waals surface area contributed by atoms with E-state index in [-0.39, 0.29) is 29.3 Å². The summed E-state index contributed by atoms with van der Waals surface area (Å²) in [4.78, 5) is 38.3. The normalized spacial score (nSPS) is 18.6. The lowest BCUT2D eigenvalue weighted by atomic mass is 10.1. The Morgan fingerprint density at radius 3 is 1.79 bits per heavy atom. The summed E-state index contributed by atoms with van der Waals surface area (Å²) in [6, 6.07) is 4.17. The summed E-state index contributed by atoms with van der Waals surface area (Å²) in [5, 5.41) is 2.69. The van der Waals surface area contributed by atoms with Crippen molar-refractivity contribution in [2.75, 3.05) is 65.3 Å². The van der Waals surface area contributed by atoms with Crippen molar-refractivity contribution in [3.63, 3.8) is 0 Å². The van der Waals surface area contributed by atoms with E-state index in [4.69, 9.17) is 9.47 Å². The summed E-state index contributed by atoms with van der Waals surface area (Å²) in [7, 11) is -1.05. The molecule has 2 aliphatic rings. The van der Waals surface area contributed by atoms with E-state index in [2.05, 4.69) is 5.32 Å². The number of hydrogen-bond donors (Lipinski definition) is 1. The number of anilines is 1. The maximum absolute atomic E-state index is 13.0. The molecule has 0 atom stereocenters. The van der Waals surface area contributed by atoms with Crippen LogP contribution in [0, 0.1) is 0 Å². The average molecular weight is 497 g/mol. The van der Waals surface area contributed by atoms with Gasteiger partial charge in [0.15, 0.2) is 0 Å². The Morgan fingerprint density at radius 2 is 1.29 bits per heavy atom. The highest BCUT2D eigenvalue weighted by Gasteiger charge is 2.32. The molecule has 0 aliphatic carbocycles. The van der Waals surface area contributed by atoms with Crippen LogP contribution in [0.3, 0.4) is 0 Å². The third-order valence-electron chi connectivity index (χ3n) is 5.98. The van der Waals surface area contributed by atoms with Crippen LogP contribution in [-0.4, -0.2) is 99.8 Å². The minimum absolute atomic E-state index is 0.0492. The molecule has 2 aliphatic heterocycles. The molecule has 34 heavy (non-hydrogen) atoms. The lowest BCUT2D eigenvalue weighted by molar-refractivity contribution is -0.117. The molecule has 2 saturated heterocycles. The number of hydrogen-bond acceptors (Lipinski definition) is 8. The molecule has 1 aromatic rings. The van der Waals surface area contributed by atoms with Crippen LogP contribution in [0.15, 0.2) is 18.2 Å². The molecule has 0 bridgehead atoms. The van der Waals surface area contributed by atoms with E-state index in [1.54, 1.807) is 4.31 Å². The Kier molecular flexibility index (Phi) is 9.00. The SMILES string of the molecule is COC(=O)c1cc(NC(=O)CN2CCN(S(=O)(=O)N3CCCCCC3)CC2)cc(C(=O)OC)c1. The number of carbonyl (C=O) groups excluding carboxylic acids is 3. The van der Waals surface area contributed by atoms with E-state index in [1.807, 2.05) is 4.90 Å². The van der Waals surface area contributed by atoms with Crippen molar-refractivity contribution in [2.24, 2.45) is 0 Å². The number of rotatable bonds is 7. The fraction of sp³-hybridized carbons (Fsp3) is 0.591. The molecule has 188 valence electrons. The third kappa shape index (κ3) is 6.53. The Hall–Kier alpha value is -2.54. The van der Waals surface area contributed by atoms with Crippen LogP contribution in [0.25, 0.3) is 0 Å². The fourth-order valence-electron chi connectivity index (χ4n) is 4.13. The summed E-state index contributed by atoms with van der Waals surface area (Å²) in [6.07, 6.45) is 3.87. The van der Waals surface area contributed by atoms with Crippen LogP contribution in [0.2, 0.25) is 0 Å². The molecular formula is C22H32N4O7S. The van der Waals surface area contributed by atoms with Crippen molar-refractivity contribution < 1.29 is 32.3 Å². The first kappa shape index (κ1) is 26.1. The number of piperazine rings is 1. The fourth-order valence-corrected chi connectivity index (χ4v) is 5.80. The zero-order valence-corrected chi connectivity index (χ0v) is 20.4. The highest BCUT2D eigenvalue weighted by molar-refractivity contribution is 7.86. The monoisotopic (exact) mass is 496 g/mol. The molecule has 0 radical (unpaired) electrons. The van der Waals surface area contributed by atoms with Gasteiger partial charge in [-0.25, -0.2) is 9.59 Å². The molecule has 0 unspecified atom stereocenters. The second kappa shape index (κ2) is 11.7. The number of esters is 2. The van der Waals surface area contributed by atoms with Gasteiger partial charge in [-0.3, -0.25) is 9.69 Å². The van der Waals surface area contributed by atoms with Crippen LogP contribution in [0.4, 0.5) is 5.69 Å². The third-order valence-corrected chi connectivity index (χ3v) is 8.01. The second-order valence-corrected chi connectivity index (χ2v) is 10.3. The first-order valence-electron chi connectivity index (χ1n) is 11.3. The zero-order chi connectivity index (χ0) is 24.7. The number of ether oxygens (including phenoxy) is 2. The molecule has 2 fully saturated rings. The van der Waals surface area contributed by atoms with Gasteiger partial charge in [-0.15, -0.1) is 0 Å². The van der Waals surface area contributed by atoms with Gasteiger partial charge < -0.3 is 14.8 Å². The van der Waals surface area contributed by atoms with Gasteiger partial charge >= 0.3 is 11.9 Å². The molecule has 2 heterocycles. The largest absolute Gasteiger partial charge is 0.465 e. The van der Waals surface area contributed by atoms with Gasteiger partial charge in [0.25, 0.3) is 10.2 Å². The lowest BCUT2D eigenvalue weighted by Gasteiger charge is -2.36. The van der Waals surface area contributed by atoms with Crippen LogP contribution >= 0.6 is 0 Å². The molecule has 1 aromatic carbocycles. The summed E-state index contributed by atoms with van der Waals surface area (Å²) >= 11 is 0. The minimum Gasteiger partial charge on any atom is -0.465 e. The van der Waals surface area contributed by atoms with Gasteiger partial charge in [0.1, 0.15) is 0 Å². The maximum Gasteiger partial charge on any atom is 0.337 e. The van der Waals surface area contributed by atoms with Crippen molar-refractivity contribution in [2.45, 2.75) is 25.7 Å². The van der Waals surface area contributed by atoms with E-state index in [9.17, 15) is 22.8 Å². The van der Waals surface area contributed by atoms with E-state index in [1.165, 1.54) is 36.7 Å². The topological polar surface area (TPSA) is 126 Å². The minimum atomic E-state index is -3.49. The summed E-state index contributed by atoms with van der Waals surface area (Å²) in [5.74, 6) is -1.65. The van der Waals surface area contributed by atoms with Gasteiger partial charge in [0.2, 0.25) is 5.91 Å². The van der Waals surface area contributed by atoms with Crippen molar-refractivity contribution in [3.8, 4) is 0 Å². The predicted molar refractivity (Wildman–Crippen MR) is 125 cm³/mol. The van der Waals surface area contributed by atoms with Crippen LogP contribution < -0.4 is 5.32 Å². The van der Waals surface area contributed by atoms with Crippen molar-refractivity contribution >= 4 is 33.7 Å². The summed E-state index contributed by atoms with van der Waals surface area (Å²) in [6.45, 7) is 2.65. The zero-order valence-electron chi connectivity index (χ0n) is 19.6. The van der Waals surface area contributed by atoms with Crippen molar-refractivity contribution in [1.29, 1.82) is 0 Å². The molecule has 12 heteroatoms. The Balaban J connectivity index is 1.58. The van der Waals surface area contributed by atoms with Gasteiger partial charge in [-0.05, 0) is 31.0 Å². The summed E-state index contributed by atoms with van der Waals surface area (Å²) < 4.78 is 38.4. The highest BCUT2D eigenvalue weighted by atomic mass is 32.2. The van der Waals surface area contributed by atoms with E-state index in [0.717, 1.165) is 25.7 Å². The number of amides is 1. The number of methoxy groups -OCH3 is 2. The first-order valence-corrected chi connectivity index (χ1v) is 12.7. The predicted octanol–water partition coefficient (Wildman–Crippen LogP) is 0.937. The Labute approximate surface area is 200 Å². The van der Waals surface area contributed by atoms with E-state index in [0.29, 0.717) is 39.3 Å². The molecule has 1 amide bonds. The molecule has 1 N–H and O–H groups in total. The van der Waals surface area contributed by atoms with Gasteiger partial charge in [0.05, 0.1) is 31.9 Å². The molecule has 0 aromatic heterocycles. The van der Waals surface area contributed by atoms with Gasteiger partial charge in [-0.1, -0.05) is 12.8 Å². The number of carbonyl (C=O) groups is 3. The molecule has 3 rings (SSSR count). The first-order chi connectivity index (χ1) is 16.2. The number of benzene rings is 1. The van der Waals surface area contributed by atoms with Gasteiger partial charge in [-0.2, -0.15) is 17.0 Å². The number of nitrogens with one attached hydrogen (secondary N) is 1. The molecule has 0 saturated carbocycles. The quantitative estimate of drug-likeness (QED) is 0.553. The molecule has 0 spiro atoms. The molecular weight excluding hydrogens is 464 g/mol. The lowest BCUT2D eigenvalue weighted by Crippen LogP contribution is -2.54. The van der Waals surface area contributed by atoms with Crippen LogP contribution in [0.1, 0.15) is 46.4 Å². The molecule has 11 nitrogen and oxygen atoms in total. The van der Waals surface area contributed by atoms with E-state index >= 15 is 0 Å².